The van der Waals surface area contributed by atoms with Crippen molar-refractivity contribution < 1.29 is 18.0 Å². The van der Waals surface area contributed by atoms with Crippen molar-refractivity contribution in [1.29, 1.82) is 0 Å². The van der Waals surface area contributed by atoms with Crippen molar-refractivity contribution in [3.63, 3.8) is 0 Å². The van der Waals surface area contributed by atoms with E-state index in [0.717, 1.165) is 24.2 Å². The van der Waals surface area contributed by atoms with Crippen LogP contribution in [-0.4, -0.2) is 20.5 Å². The summed E-state index contributed by atoms with van der Waals surface area (Å²) in [5.41, 5.74) is 1.60. The van der Waals surface area contributed by atoms with Crippen molar-refractivity contribution in [2.24, 2.45) is 5.92 Å². The van der Waals surface area contributed by atoms with Crippen molar-refractivity contribution in [3.05, 3.63) is 47.8 Å². The van der Waals surface area contributed by atoms with Crippen molar-refractivity contribution in [3.8, 4) is 11.1 Å². The van der Waals surface area contributed by atoms with Crippen LogP contribution in [-0.2, 0) is 11.0 Å². The van der Waals surface area contributed by atoms with E-state index in [-0.39, 0.29) is 5.91 Å². The summed E-state index contributed by atoms with van der Waals surface area (Å²) in [6, 6.07) is 6.63. The van der Waals surface area contributed by atoms with Crippen LogP contribution >= 0.6 is 0 Å². The fourth-order valence-corrected chi connectivity index (χ4v) is 4.25. The lowest BCUT2D eigenvalue weighted by Gasteiger charge is -2.20. The summed E-state index contributed by atoms with van der Waals surface area (Å²) in [6.07, 6.45) is 4.50. The molecule has 0 atom stereocenters. The fraction of sp³-hybridized carbons (Fsp3) is 0.435. The molecular weight excluding hydrogens is 405 g/mol. The van der Waals surface area contributed by atoms with Gasteiger partial charge in [-0.15, -0.1) is 5.10 Å². The highest BCUT2D eigenvalue weighted by molar-refractivity contribution is 5.97. The van der Waals surface area contributed by atoms with Crippen LogP contribution in [0.2, 0.25) is 0 Å². The third-order valence-corrected chi connectivity index (χ3v) is 5.97. The molecule has 1 aliphatic carbocycles. The van der Waals surface area contributed by atoms with E-state index in [4.69, 9.17) is 0 Å². The zero-order chi connectivity index (χ0) is 22.0. The predicted molar refractivity (Wildman–Crippen MR) is 113 cm³/mol. The normalized spacial score (nSPS) is 15.4. The number of halogens is 3. The number of nitrogens with zero attached hydrogens (tertiary/aromatic N) is 3. The average molecular weight is 430 g/mol. The molecule has 0 unspecified atom stereocenters. The third kappa shape index (κ3) is 4.73. The number of anilines is 1. The number of hydrogen-bond acceptors (Lipinski definition) is 3. The van der Waals surface area contributed by atoms with Gasteiger partial charge in [-0.1, -0.05) is 44.2 Å². The summed E-state index contributed by atoms with van der Waals surface area (Å²) in [5, 5.41) is 7.37. The second-order valence-electron chi connectivity index (χ2n) is 8.21. The first-order valence-corrected chi connectivity index (χ1v) is 10.6. The molecule has 1 saturated carbocycles. The van der Waals surface area contributed by atoms with Crippen LogP contribution in [0.25, 0.3) is 16.8 Å². The maximum Gasteiger partial charge on any atom is 0.416 e. The SMILES string of the molecule is Cc1ccnc2c(-c3ccc(C(F)(F)F)cc3)c(NC(=O)CCC3CCCCC3)nn12. The molecule has 0 aliphatic heterocycles. The zero-order valence-electron chi connectivity index (χ0n) is 17.4. The number of fused-ring (bicyclic) bond motifs is 1. The minimum absolute atomic E-state index is 0.139. The van der Waals surface area contributed by atoms with E-state index in [1.54, 1.807) is 16.8 Å². The molecule has 2 heterocycles. The van der Waals surface area contributed by atoms with Crippen molar-refractivity contribution in [2.75, 3.05) is 5.32 Å². The molecule has 1 fully saturated rings. The second-order valence-corrected chi connectivity index (χ2v) is 8.21. The highest BCUT2D eigenvalue weighted by atomic mass is 19.4. The molecule has 8 heteroatoms. The van der Waals surface area contributed by atoms with E-state index in [1.807, 2.05) is 6.92 Å². The molecule has 1 amide bonds. The summed E-state index contributed by atoms with van der Waals surface area (Å²) in [5.74, 6) is 0.758. The molecule has 1 aliphatic rings. The zero-order valence-corrected chi connectivity index (χ0v) is 17.4. The van der Waals surface area contributed by atoms with Crippen LogP contribution in [0.15, 0.2) is 36.5 Å². The van der Waals surface area contributed by atoms with Crippen molar-refractivity contribution in [1.82, 2.24) is 14.6 Å². The lowest BCUT2D eigenvalue weighted by Crippen LogP contribution is -2.15. The Kier molecular flexibility index (Phi) is 5.98. The Bertz CT molecular complexity index is 1070. The topological polar surface area (TPSA) is 59.3 Å². The van der Waals surface area contributed by atoms with Crippen LogP contribution in [0, 0.1) is 12.8 Å². The largest absolute Gasteiger partial charge is 0.416 e. The van der Waals surface area contributed by atoms with Gasteiger partial charge < -0.3 is 5.32 Å². The van der Waals surface area contributed by atoms with Crippen molar-refractivity contribution >= 4 is 17.4 Å². The molecule has 2 aromatic heterocycles. The molecule has 0 saturated heterocycles. The van der Waals surface area contributed by atoms with Gasteiger partial charge in [0.05, 0.1) is 11.1 Å². The molecule has 31 heavy (non-hydrogen) atoms. The van der Waals surface area contributed by atoms with Gasteiger partial charge in [-0.3, -0.25) is 4.79 Å². The van der Waals surface area contributed by atoms with Crippen LogP contribution < -0.4 is 5.32 Å². The summed E-state index contributed by atoms with van der Waals surface area (Å²) in [4.78, 5) is 17.0. The van der Waals surface area contributed by atoms with Gasteiger partial charge in [0.2, 0.25) is 5.91 Å². The molecule has 3 aromatic rings. The minimum Gasteiger partial charge on any atom is -0.309 e. The molecule has 0 bridgehead atoms. The van der Waals surface area contributed by atoms with Gasteiger partial charge in [0.15, 0.2) is 11.5 Å². The van der Waals surface area contributed by atoms with Crippen LogP contribution in [0.1, 0.15) is 56.2 Å². The molecule has 1 aromatic carbocycles. The maximum absolute atomic E-state index is 13.0. The first kappa shape index (κ1) is 21.3. The number of nitrogens with one attached hydrogen (secondary N) is 1. The second kappa shape index (κ2) is 8.69. The van der Waals surface area contributed by atoms with Gasteiger partial charge in [-0.25, -0.2) is 9.50 Å². The number of carbonyl (C=O) groups excluding carboxylic acids is 1. The van der Waals surface area contributed by atoms with E-state index in [1.165, 1.54) is 44.2 Å². The smallest absolute Gasteiger partial charge is 0.309 e. The highest BCUT2D eigenvalue weighted by Gasteiger charge is 2.30. The molecular formula is C23H25F3N4O. The van der Waals surface area contributed by atoms with E-state index in [9.17, 15) is 18.0 Å². The number of amides is 1. The summed E-state index contributed by atoms with van der Waals surface area (Å²) >= 11 is 0. The van der Waals surface area contributed by atoms with Gasteiger partial charge in [0.1, 0.15) is 0 Å². The monoisotopic (exact) mass is 430 g/mol. The number of aryl methyl sites for hydroxylation is 1. The van der Waals surface area contributed by atoms with Gasteiger partial charge in [-0.05, 0) is 43.0 Å². The lowest BCUT2D eigenvalue weighted by atomic mass is 9.86. The first-order valence-electron chi connectivity index (χ1n) is 10.6. The molecule has 5 nitrogen and oxygen atoms in total. The number of aromatic nitrogens is 3. The van der Waals surface area contributed by atoms with Gasteiger partial charge >= 0.3 is 6.18 Å². The van der Waals surface area contributed by atoms with Crippen LogP contribution in [0.3, 0.4) is 0 Å². The van der Waals surface area contributed by atoms with Gasteiger partial charge in [0, 0.05) is 18.3 Å². The highest BCUT2D eigenvalue weighted by Crippen LogP contribution is 2.35. The number of alkyl halides is 3. The Morgan fingerprint density at radius 3 is 2.52 bits per heavy atom. The molecule has 1 N–H and O–H groups in total. The molecule has 164 valence electrons. The van der Waals surface area contributed by atoms with Gasteiger partial charge in [0.25, 0.3) is 0 Å². The Morgan fingerprint density at radius 2 is 1.84 bits per heavy atom. The van der Waals surface area contributed by atoms with E-state index >= 15 is 0 Å². The number of benzene rings is 1. The lowest BCUT2D eigenvalue weighted by molar-refractivity contribution is -0.137. The quantitative estimate of drug-likeness (QED) is 0.538. The Labute approximate surface area is 178 Å². The number of rotatable bonds is 5. The molecule has 0 spiro atoms. The van der Waals surface area contributed by atoms with E-state index < -0.39 is 11.7 Å². The summed E-state index contributed by atoms with van der Waals surface area (Å²) in [7, 11) is 0. The summed E-state index contributed by atoms with van der Waals surface area (Å²) in [6.45, 7) is 1.85. The van der Waals surface area contributed by atoms with Crippen molar-refractivity contribution in [2.45, 2.75) is 58.0 Å². The maximum atomic E-state index is 13.0. The first-order chi connectivity index (χ1) is 14.8. The fourth-order valence-electron chi connectivity index (χ4n) is 4.25. The van der Waals surface area contributed by atoms with E-state index in [2.05, 4.69) is 15.4 Å². The molecule has 0 radical (unpaired) electrons. The Balaban J connectivity index is 1.62. The summed E-state index contributed by atoms with van der Waals surface area (Å²) < 4.78 is 40.5. The third-order valence-electron chi connectivity index (χ3n) is 5.97. The van der Waals surface area contributed by atoms with Gasteiger partial charge in [-0.2, -0.15) is 13.2 Å². The number of hydrogen-bond donors (Lipinski definition) is 1. The number of carbonyl (C=O) groups is 1. The van der Waals surface area contributed by atoms with Crippen LogP contribution in [0.5, 0.6) is 0 Å². The average Bonchev–Trinajstić information content (AvgIpc) is 3.12. The van der Waals surface area contributed by atoms with E-state index in [0.29, 0.717) is 34.9 Å². The standard InChI is InChI=1S/C23H25F3N4O/c1-15-13-14-27-22-20(17-8-10-18(11-9-17)23(24,25)26)21(29-30(15)22)28-19(31)12-7-16-5-3-2-4-6-16/h8-11,13-14,16H,2-7,12H2,1H3,(H,28,29,31). The van der Waals surface area contributed by atoms with Crippen LogP contribution in [0.4, 0.5) is 19.0 Å². The minimum atomic E-state index is -4.41. The Hall–Kier alpha value is -2.90. The predicted octanol–water partition coefficient (Wildman–Crippen LogP) is 6.02. The Morgan fingerprint density at radius 1 is 1.13 bits per heavy atom. The molecule has 4 rings (SSSR count).